The van der Waals surface area contributed by atoms with Crippen molar-refractivity contribution in [3.05, 3.63) is 82.7 Å². The summed E-state index contributed by atoms with van der Waals surface area (Å²) in [5.74, 6) is 1.19. The molecule has 0 radical (unpaired) electrons. The number of anilines is 2. The number of amides is 1. The highest BCUT2D eigenvalue weighted by Gasteiger charge is 2.42. The SMILES string of the molecule is COc1ccc([C@H]2C3=C(CC(C)(C)CC3=O)Nc3c(C(=O)Nc4ccccc4C)cnn32)cc1. The molecule has 0 spiro atoms. The smallest absolute Gasteiger partial charge is 0.261 e. The largest absolute Gasteiger partial charge is 0.497 e. The van der Waals surface area contributed by atoms with Gasteiger partial charge in [0.05, 0.1) is 13.3 Å². The summed E-state index contributed by atoms with van der Waals surface area (Å²) in [6.45, 7) is 6.14. The maximum absolute atomic E-state index is 13.3. The predicted molar refractivity (Wildman–Crippen MR) is 131 cm³/mol. The highest BCUT2D eigenvalue weighted by molar-refractivity contribution is 6.08. The number of fused-ring (bicyclic) bond motifs is 1. The Morgan fingerprint density at radius 1 is 1.15 bits per heavy atom. The molecule has 1 aliphatic carbocycles. The number of carbonyl (C=O) groups excluding carboxylic acids is 2. The molecule has 2 aromatic carbocycles. The minimum Gasteiger partial charge on any atom is -0.497 e. The van der Waals surface area contributed by atoms with Crippen LogP contribution in [0.5, 0.6) is 5.75 Å². The number of nitrogens with zero attached hydrogens (tertiary/aromatic N) is 2. The first kappa shape index (κ1) is 21.9. The summed E-state index contributed by atoms with van der Waals surface area (Å²) in [5.41, 5.74) is 4.49. The average Bonchev–Trinajstić information content (AvgIpc) is 3.22. The third kappa shape index (κ3) is 3.77. The third-order valence-corrected chi connectivity index (χ3v) is 6.57. The van der Waals surface area contributed by atoms with Crippen molar-refractivity contribution < 1.29 is 14.3 Å². The summed E-state index contributed by atoms with van der Waals surface area (Å²) in [6.07, 6.45) is 2.75. The molecule has 3 aromatic rings. The maximum Gasteiger partial charge on any atom is 0.261 e. The molecule has 7 nitrogen and oxygen atoms in total. The minimum atomic E-state index is -0.416. The number of allylic oxidation sites excluding steroid dienone is 2. The van der Waals surface area contributed by atoms with Gasteiger partial charge in [-0.2, -0.15) is 5.10 Å². The van der Waals surface area contributed by atoms with Gasteiger partial charge in [-0.25, -0.2) is 4.68 Å². The van der Waals surface area contributed by atoms with E-state index in [-0.39, 0.29) is 17.1 Å². The second kappa shape index (κ2) is 8.17. The van der Waals surface area contributed by atoms with Crippen LogP contribution in [0.15, 0.2) is 66.0 Å². The van der Waals surface area contributed by atoms with E-state index in [4.69, 9.17) is 4.74 Å². The Morgan fingerprint density at radius 2 is 1.88 bits per heavy atom. The molecule has 0 fully saturated rings. The number of hydrogen-bond acceptors (Lipinski definition) is 5. The van der Waals surface area contributed by atoms with Crippen LogP contribution in [0, 0.1) is 12.3 Å². The standard InChI is InChI=1S/C27H28N4O3/c1-16-7-5-6-8-20(16)30-26(33)19-15-28-31-24(17-9-11-18(34-4)12-10-17)23-21(29-25(19)31)13-27(2,3)14-22(23)32/h5-12,15,24,29H,13-14H2,1-4H3,(H,30,33)/t24-/m0/s1. The zero-order chi connectivity index (χ0) is 24.0. The fourth-order valence-electron chi connectivity index (χ4n) is 4.87. The molecule has 2 heterocycles. The lowest BCUT2D eigenvalue weighted by Crippen LogP contribution is -2.37. The second-order valence-corrected chi connectivity index (χ2v) is 9.75. The van der Waals surface area contributed by atoms with E-state index in [9.17, 15) is 9.59 Å². The van der Waals surface area contributed by atoms with Crippen molar-refractivity contribution in [1.82, 2.24) is 9.78 Å². The van der Waals surface area contributed by atoms with Gasteiger partial charge in [0.2, 0.25) is 0 Å². The summed E-state index contributed by atoms with van der Waals surface area (Å²) < 4.78 is 7.07. The van der Waals surface area contributed by atoms with Gasteiger partial charge in [-0.3, -0.25) is 9.59 Å². The number of ketones is 1. The van der Waals surface area contributed by atoms with Crippen LogP contribution in [0.2, 0.25) is 0 Å². The Balaban J connectivity index is 1.60. The number of aromatic nitrogens is 2. The van der Waals surface area contributed by atoms with E-state index in [0.717, 1.165) is 28.3 Å². The molecule has 174 valence electrons. The summed E-state index contributed by atoms with van der Waals surface area (Å²) in [6, 6.07) is 14.9. The van der Waals surface area contributed by atoms with Gasteiger partial charge in [0.1, 0.15) is 23.2 Å². The molecule has 34 heavy (non-hydrogen) atoms. The maximum atomic E-state index is 13.3. The first-order chi connectivity index (χ1) is 16.3. The minimum absolute atomic E-state index is 0.103. The molecule has 1 amide bonds. The fourth-order valence-corrected chi connectivity index (χ4v) is 4.87. The number of aryl methyl sites for hydroxylation is 1. The van der Waals surface area contributed by atoms with Crippen LogP contribution in [-0.2, 0) is 4.79 Å². The summed E-state index contributed by atoms with van der Waals surface area (Å²) >= 11 is 0. The van der Waals surface area contributed by atoms with Crippen molar-refractivity contribution in [3.8, 4) is 5.75 Å². The molecule has 1 aromatic heterocycles. The quantitative estimate of drug-likeness (QED) is 0.570. The first-order valence-corrected chi connectivity index (χ1v) is 11.4. The third-order valence-electron chi connectivity index (χ3n) is 6.57. The highest BCUT2D eigenvalue weighted by atomic mass is 16.5. The Labute approximate surface area is 198 Å². The van der Waals surface area contributed by atoms with Gasteiger partial charge in [0.25, 0.3) is 5.91 Å². The van der Waals surface area contributed by atoms with Crippen molar-refractivity contribution in [2.75, 3.05) is 17.7 Å². The number of carbonyl (C=O) groups is 2. The van der Waals surface area contributed by atoms with Crippen molar-refractivity contribution >= 4 is 23.2 Å². The van der Waals surface area contributed by atoms with Crippen molar-refractivity contribution in [3.63, 3.8) is 0 Å². The molecule has 7 heteroatoms. The van der Waals surface area contributed by atoms with Crippen LogP contribution in [0.25, 0.3) is 0 Å². The number of methoxy groups -OCH3 is 1. The number of ether oxygens (including phenoxy) is 1. The Morgan fingerprint density at radius 3 is 2.59 bits per heavy atom. The molecule has 5 rings (SSSR count). The van der Waals surface area contributed by atoms with Gasteiger partial charge >= 0.3 is 0 Å². The van der Waals surface area contributed by atoms with Crippen molar-refractivity contribution in [2.45, 2.75) is 39.7 Å². The van der Waals surface area contributed by atoms with Gasteiger partial charge in [-0.15, -0.1) is 0 Å². The van der Waals surface area contributed by atoms with E-state index in [2.05, 4.69) is 29.6 Å². The molecule has 0 saturated carbocycles. The van der Waals surface area contributed by atoms with E-state index < -0.39 is 6.04 Å². The number of para-hydroxylation sites is 1. The highest BCUT2D eigenvalue weighted by Crippen LogP contribution is 2.46. The van der Waals surface area contributed by atoms with Crippen LogP contribution in [0.3, 0.4) is 0 Å². The van der Waals surface area contributed by atoms with E-state index >= 15 is 0 Å². The first-order valence-electron chi connectivity index (χ1n) is 11.4. The average molecular weight is 457 g/mol. The lowest BCUT2D eigenvalue weighted by Gasteiger charge is -2.39. The van der Waals surface area contributed by atoms with E-state index in [1.165, 1.54) is 0 Å². The summed E-state index contributed by atoms with van der Waals surface area (Å²) in [5, 5.41) is 11.0. The van der Waals surface area contributed by atoms with Gasteiger partial charge in [0, 0.05) is 23.4 Å². The normalized spacial score (nSPS) is 18.6. The second-order valence-electron chi connectivity index (χ2n) is 9.75. The van der Waals surface area contributed by atoms with Crippen molar-refractivity contribution in [2.24, 2.45) is 5.41 Å². The Kier molecular flexibility index (Phi) is 5.27. The Bertz CT molecular complexity index is 1320. The molecular weight excluding hydrogens is 428 g/mol. The molecule has 2 N–H and O–H groups in total. The fraction of sp³-hybridized carbons (Fsp3) is 0.296. The van der Waals surface area contributed by atoms with Crippen LogP contribution in [-0.4, -0.2) is 28.6 Å². The van der Waals surface area contributed by atoms with Gasteiger partial charge < -0.3 is 15.4 Å². The number of hydrogen-bond donors (Lipinski definition) is 2. The molecule has 0 unspecified atom stereocenters. The molecule has 1 aliphatic heterocycles. The predicted octanol–water partition coefficient (Wildman–Crippen LogP) is 5.11. The zero-order valence-corrected chi connectivity index (χ0v) is 19.8. The summed E-state index contributed by atoms with van der Waals surface area (Å²) in [4.78, 5) is 26.6. The van der Waals surface area contributed by atoms with Crippen LogP contribution in [0.1, 0.15) is 54.2 Å². The molecular formula is C27H28N4O3. The van der Waals surface area contributed by atoms with Crippen molar-refractivity contribution in [1.29, 1.82) is 0 Å². The molecule has 0 bridgehead atoms. The lowest BCUT2D eigenvalue weighted by molar-refractivity contribution is -0.118. The van der Waals surface area contributed by atoms with Crippen LogP contribution < -0.4 is 15.4 Å². The summed E-state index contributed by atoms with van der Waals surface area (Å²) in [7, 11) is 1.62. The van der Waals surface area contributed by atoms with E-state index in [0.29, 0.717) is 29.8 Å². The van der Waals surface area contributed by atoms with Crippen LogP contribution >= 0.6 is 0 Å². The number of Topliss-reactive ketones (excluding diaryl/α,β-unsaturated/α-hetero) is 1. The number of nitrogens with one attached hydrogen (secondary N) is 2. The molecule has 2 aliphatic rings. The van der Waals surface area contributed by atoms with Gasteiger partial charge in [-0.1, -0.05) is 44.2 Å². The number of benzene rings is 2. The lowest BCUT2D eigenvalue weighted by atomic mass is 9.73. The van der Waals surface area contributed by atoms with E-state index in [1.807, 2.05) is 55.5 Å². The molecule has 0 saturated heterocycles. The van der Waals surface area contributed by atoms with E-state index in [1.54, 1.807) is 18.0 Å². The van der Waals surface area contributed by atoms with Gasteiger partial charge in [-0.05, 0) is 48.1 Å². The number of rotatable bonds is 4. The van der Waals surface area contributed by atoms with Crippen LogP contribution in [0.4, 0.5) is 11.5 Å². The molecule has 1 atom stereocenters. The Hall–Kier alpha value is -3.87. The zero-order valence-electron chi connectivity index (χ0n) is 19.8. The van der Waals surface area contributed by atoms with Gasteiger partial charge in [0.15, 0.2) is 5.78 Å². The monoisotopic (exact) mass is 456 g/mol. The topological polar surface area (TPSA) is 85.2 Å².